The highest BCUT2D eigenvalue weighted by Crippen LogP contribution is 2.34. The molecule has 3 rings (SSSR count). The molecule has 0 saturated heterocycles. The molecule has 0 radical (unpaired) electrons. The van der Waals surface area contributed by atoms with E-state index >= 15 is 0 Å². The maximum absolute atomic E-state index is 11.5. The standard InChI is InChI=1S/C13H14O6S/c1-20(15,16)19-7-12-9-2-3-10-11(6-18-13(10)14)8(9)4-5-17-12/h2-3,12H,4-7H2,1H3. The van der Waals surface area contributed by atoms with E-state index in [4.69, 9.17) is 13.7 Å². The van der Waals surface area contributed by atoms with Crippen LogP contribution in [0.5, 0.6) is 0 Å². The van der Waals surface area contributed by atoms with E-state index in [1.54, 1.807) is 12.1 Å². The smallest absolute Gasteiger partial charge is 0.338 e. The Labute approximate surface area is 116 Å². The van der Waals surface area contributed by atoms with Gasteiger partial charge in [0.15, 0.2) is 0 Å². The Balaban J connectivity index is 1.92. The summed E-state index contributed by atoms with van der Waals surface area (Å²) in [7, 11) is -3.51. The van der Waals surface area contributed by atoms with Crippen LogP contribution in [0.15, 0.2) is 12.1 Å². The van der Waals surface area contributed by atoms with Gasteiger partial charge in [-0.1, -0.05) is 6.07 Å². The first kappa shape index (κ1) is 13.5. The Bertz CT molecular complexity index is 664. The van der Waals surface area contributed by atoms with E-state index in [-0.39, 0.29) is 19.2 Å². The van der Waals surface area contributed by atoms with Crippen LogP contribution >= 0.6 is 0 Å². The first-order chi connectivity index (χ1) is 9.46. The highest BCUT2D eigenvalue weighted by atomic mass is 32.2. The van der Waals surface area contributed by atoms with Gasteiger partial charge in [0.2, 0.25) is 0 Å². The molecule has 0 N–H and O–H groups in total. The molecule has 1 aromatic carbocycles. The van der Waals surface area contributed by atoms with Gasteiger partial charge in [-0.25, -0.2) is 4.79 Å². The molecule has 0 amide bonds. The van der Waals surface area contributed by atoms with Crippen LogP contribution in [-0.2, 0) is 36.8 Å². The third-order valence-corrected chi connectivity index (χ3v) is 4.05. The molecule has 0 saturated carbocycles. The second kappa shape index (κ2) is 4.83. The van der Waals surface area contributed by atoms with Gasteiger partial charge in [0.05, 0.1) is 25.0 Å². The van der Waals surface area contributed by atoms with Gasteiger partial charge in [0.25, 0.3) is 10.1 Å². The summed E-state index contributed by atoms with van der Waals surface area (Å²) in [6.45, 7) is 0.686. The van der Waals surface area contributed by atoms with Crippen LogP contribution in [-0.4, -0.2) is 33.9 Å². The molecule has 0 aromatic heterocycles. The largest absolute Gasteiger partial charge is 0.457 e. The van der Waals surface area contributed by atoms with E-state index < -0.39 is 16.2 Å². The topological polar surface area (TPSA) is 78.9 Å². The van der Waals surface area contributed by atoms with Gasteiger partial charge >= 0.3 is 5.97 Å². The first-order valence-corrected chi connectivity index (χ1v) is 8.05. The Kier molecular flexibility index (Phi) is 3.27. The number of ether oxygens (including phenoxy) is 2. The van der Waals surface area contributed by atoms with Crippen molar-refractivity contribution in [3.63, 3.8) is 0 Å². The Morgan fingerprint density at radius 2 is 2.15 bits per heavy atom. The minimum atomic E-state index is -3.51. The summed E-state index contributed by atoms with van der Waals surface area (Å²) < 4.78 is 37.6. The van der Waals surface area contributed by atoms with Crippen LogP contribution in [0.3, 0.4) is 0 Å². The summed E-state index contributed by atoms with van der Waals surface area (Å²) >= 11 is 0. The van der Waals surface area contributed by atoms with Gasteiger partial charge in [-0.15, -0.1) is 0 Å². The number of rotatable bonds is 3. The lowest BCUT2D eigenvalue weighted by Gasteiger charge is -2.26. The molecule has 6 nitrogen and oxygen atoms in total. The van der Waals surface area contributed by atoms with Crippen molar-refractivity contribution in [2.45, 2.75) is 19.1 Å². The van der Waals surface area contributed by atoms with Gasteiger partial charge in [0.1, 0.15) is 12.7 Å². The average Bonchev–Trinajstić information content (AvgIpc) is 2.77. The maximum atomic E-state index is 11.5. The molecule has 2 aliphatic heterocycles. The van der Waals surface area contributed by atoms with Crippen molar-refractivity contribution in [2.24, 2.45) is 0 Å². The van der Waals surface area contributed by atoms with Crippen LogP contribution in [0, 0.1) is 0 Å². The zero-order valence-corrected chi connectivity index (χ0v) is 11.7. The molecule has 7 heteroatoms. The monoisotopic (exact) mass is 298 g/mol. The van der Waals surface area contributed by atoms with Crippen molar-refractivity contribution in [2.75, 3.05) is 19.5 Å². The number of carbonyl (C=O) groups is 1. The summed E-state index contributed by atoms with van der Waals surface area (Å²) in [5, 5.41) is 0. The van der Waals surface area contributed by atoms with Crippen molar-refractivity contribution < 1.29 is 26.9 Å². The molecule has 0 aliphatic carbocycles. The van der Waals surface area contributed by atoms with Crippen LogP contribution < -0.4 is 0 Å². The van der Waals surface area contributed by atoms with Gasteiger partial charge in [-0.05, 0) is 23.6 Å². The lowest BCUT2D eigenvalue weighted by atomic mass is 9.91. The SMILES string of the molecule is CS(=O)(=O)OCC1OCCc2c1ccc1c2COC1=O. The van der Waals surface area contributed by atoms with Crippen LogP contribution in [0.1, 0.15) is 33.2 Å². The third kappa shape index (κ3) is 2.44. The number of fused-ring (bicyclic) bond motifs is 3. The molecular formula is C13H14O6S. The average molecular weight is 298 g/mol. The van der Waals surface area contributed by atoms with Gasteiger partial charge < -0.3 is 9.47 Å². The number of benzene rings is 1. The fourth-order valence-corrected chi connectivity index (χ4v) is 2.97. The predicted octanol–water partition coefficient (Wildman–Crippen LogP) is 0.947. The predicted molar refractivity (Wildman–Crippen MR) is 68.8 cm³/mol. The van der Waals surface area contributed by atoms with Crippen LogP contribution in [0.25, 0.3) is 0 Å². The number of hydrogen-bond donors (Lipinski definition) is 0. The zero-order valence-electron chi connectivity index (χ0n) is 10.9. The molecule has 108 valence electrons. The van der Waals surface area contributed by atoms with Gasteiger partial charge in [0, 0.05) is 5.56 Å². The molecule has 2 aliphatic rings. The molecule has 0 bridgehead atoms. The molecule has 1 unspecified atom stereocenters. The van der Waals surface area contributed by atoms with E-state index in [9.17, 15) is 13.2 Å². The Morgan fingerprint density at radius 1 is 1.35 bits per heavy atom. The number of hydrogen-bond acceptors (Lipinski definition) is 6. The fourth-order valence-electron chi connectivity index (χ4n) is 2.60. The molecule has 0 fully saturated rings. The molecule has 1 atom stereocenters. The summed E-state index contributed by atoms with van der Waals surface area (Å²) in [5.74, 6) is -0.307. The fraction of sp³-hybridized carbons (Fsp3) is 0.462. The van der Waals surface area contributed by atoms with E-state index in [0.29, 0.717) is 18.6 Å². The van der Waals surface area contributed by atoms with E-state index in [1.807, 2.05) is 0 Å². The van der Waals surface area contributed by atoms with E-state index in [1.165, 1.54) is 0 Å². The third-order valence-electron chi connectivity index (χ3n) is 3.49. The number of esters is 1. The minimum Gasteiger partial charge on any atom is -0.457 e. The Morgan fingerprint density at radius 3 is 2.90 bits per heavy atom. The molecule has 1 aromatic rings. The van der Waals surface area contributed by atoms with Crippen molar-refractivity contribution in [1.29, 1.82) is 0 Å². The lowest BCUT2D eigenvalue weighted by molar-refractivity contribution is 0.0116. The number of cyclic esters (lactones) is 1. The van der Waals surface area contributed by atoms with Crippen LogP contribution in [0.2, 0.25) is 0 Å². The second-order valence-electron chi connectivity index (χ2n) is 4.83. The first-order valence-electron chi connectivity index (χ1n) is 6.23. The number of carbonyl (C=O) groups excluding carboxylic acids is 1. The summed E-state index contributed by atoms with van der Waals surface area (Å²) in [6.07, 6.45) is 1.26. The quantitative estimate of drug-likeness (QED) is 0.610. The van der Waals surface area contributed by atoms with E-state index in [2.05, 4.69) is 0 Å². The van der Waals surface area contributed by atoms with Crippen molar-refractivity contribution in [1.82, 2.24) is 0 Å². The zero-order chi connectivity index (χ0) is 14.3. The Hall–Kier alpha value is -1.44. The highest BCUT2D eigenvalue weighted by molar-refractivity contribution is 7.85. The second-order valence-corrected chi connectivity index (χ2v) is 6.48. The summed E-state index contributed by atoms with van der Waals surface area (Å²) in [5.41, 5.74) is 3.37. The molecule has 0 spiro atoms. The maximum Gasteiger partial charge on any atom is 0.338 e. The van der Waals surface area contributed by atoms with Crippen molar-refractivity contribution in [3.05, 3.63) is 34.4 Å². The summed E-state index contributed by atoms with van der Waals surface area (Å²) in [6, 6.07) is 3.49. The normalized spacial score (nSPS) is 21.2. The molecule has 2 heterocycles. The van der Waals surface area contributed by atoms with Crippen LogP contribution in [0.4, 0.5) is 0 Å². The van der Waals surface area contributed by atoms with Crippen molar-refractivity contribution >= 4 is 16.1 Å². The van der Waals surface area contributed by atoms with Crippen molar-refractivity contribution in [3.8, 4) is 0 Å². The lowest BCUT2D eigenvalue weighted by Crippen LogP contribution is -2.23. The highest BCUT2D eigenvalue weighted by Gasteiger charge is 2.30. The van der Waals surface area contributed by atoms with Gasteiger partial charge in [-0.3, -0.25) is 4.18 Å². The molecule has 20 heavy (non-hydrogen) atoms. The summed E-state index contributed by atoms with van der Waals surface area (Å²) in [4.78, 5) is 11.5. The minimum absolute atomic E-state index is 0.0561. The van der Waals surface area contributed by atoms with Gasteiger partial charge in [-0.2, -0.15) is 8.42 Å². The van der Waals surface area contributed by atoms with E-state index in [0.717, 1.165) is 22.9 Å². The molecular weight excluding hydrogens is 284 g/mol.